The molecule has 5 heteroatoms. The Labute approximate surface area is 125 Å². The number of nitrogens with zero attached hydrogens (tertiary/aromatic N) is 1. The van der Waals surface area contributed by atoms with Crippen molar-refractivity contribution in [2.75, 3.05) is 0 Å². The molecule has 0 atom stereocenters. The highest BCUT2D eigenvalue weighted by Crippen LogP contribution is 2.28. The Morgan fingerprint density at radius 2 is 1.90 bits per heavy atom. The number of ether oxygens (including phenoxy) is 1. The molecule has 3 rings (SSSR count). The first-order valence-corrected chi connectivity index (χ1v) is 6.58. The fraction of sp³-hybridized carbons (Fsp3) is 0. The molecule has 3 aromatic rings. The van der Waals surface area contributed by atoms with Crippen LogP contribution < -0.4 is 4.74 Å². The highest BCUT2D eigenvalue weighted by Gasteiger charge is 2.13. The summed E-state index contributed by atoms with van der Waals surface area (Å²) >= 11 is 5.81. The van der Waals surface area contributed by atoms with Crippen molar-refractivity contribution in [1.82, 2.24) is 4.98 Å². The molecule has 4 nitrogen and oxygen atoms in total. The quantitative estimate of drug-likeness (QED) is 0.779. The molecule has 1 aromatic heterocycles. The van der Waals surface area contributed by atoms with Gasteiger partial charge in [-0.3, -0.25) is 0 Å². The van der Waals surface area contributed by atoms with E-state index in [4.69, 9.17) is 16.3 Å². The van der Waals surface area contributed by atoms with Crippen molar-refractivity contribution in [2.45, 2.75) is 0 Å². The summed E-state index contributed by atoms with van der Waals surface area (Å²) in [6.45, 7) is 0. The van der Waals surface area contributed by atoms with Gasteiger partial charge in [0.05, 0.1) is 5.52 Å². The van der Waals surface area contributed by atoms with E-state index in [2.05, 4.69) is 4.98 Å². The van der Waals surface area contributed by atoms with Crippen molar-refractivity contribution in [3.63, 3.8) is 0 Å². The van der Waals surface area contributed by atoms with Crippen LogP contribution >= 0.6 is 11.6 Å². The van der Waals surface area contributed by atoms with Crippen LogP contribution in [-0.4, -0.2) is 16.1 Å². The van der Waals surface area contributed by atoms with Gasteiger partial charge in [0.2, 0.25) is 5.88 Å². The largest absolute Gasteiger partial charge is 0.478 e. The zero-order valence-corrected chi connectivity index (χ0v) is 11.5. The van der Waals surface area contributed by atoms with Crippen LogP contribution in [0.2, 0.25) is 5.02 Å². The van der Waals surface area contributed by atoms with Crippen LogP contribution in [-0.2, 0) is 0 Å². The van der Waals surface area contributed by atoms with E-state index < -0.39 is 5.97 Å². The van der Waals surface area contributed by atoms with Gasteiger partial charge < -0.3 is 9.84 Å². The Hall–Kier alpha value is -2.59. The maximum atomic E-state index is 11.2. The third-order valence-corrected chi connectivity index (χ3v) is 3.19. The number of benzene rings is 2. The predicted octanol–water partition coefficient (Wildman–Crippen LogP) is 4.38. The zero-order chi connectivity index (χ0) is 14.8. The molecule has 0 amide bonds. The molecule has 0 aliphatic rings. The van der Waals surface area contributed by atoms with Crippen molar-refractivity contribution >= 4 is 28.5 Å². The molecule has 0 aliphatic carbocycles. The van der Waals surface area contributed by atoms with Gasteiger partial charge in [-0.15, -0.1) is 0 Å². The number of fused-ring (bicyclic) bond motifs is 1. The Morgan fingerprint density at radius 1 is 1.10 bits per heavy atom. The van der Waals surface area contributed by atoms with E-state index >= 15 is 0 Å². The molecule has 0 saturated carbocycles. The van der Waals surface area contributed by atoms with Crippen molar-refractivity contribution in [1.29, 1.82) is 0 Å². The summed E-state index contributed by atoms with van der Waals surface area (Å²) < 4.78 is 5.58. The average molecular weight is 300 g/mol. The molecule has 0 bridgehead atoms. The molecule has 0 saturated heterocycles. The van der Waals surface area contributed by atoms with Gasteiger partial charge in [0.15, 0.2) is 0 Å². The fourth-order valence-electron chi connectivity index (χ4n) is 1.98. The standard InChI is InChI=1S/C16H10ClNO3/c17-11-6-7-14(12(9-11)16(19)20)21-15-8-5-10-3-1-2-4-13(10)18-15/h1-9H,(H,19,20). The number of aromatic nitrogens is 1. The maximum absolute atomic E-state index is 11.2. The summed E-state index contributed by atoms with van der Waals surface area (Å²) in [5.74, 6) is -0.568. The summed E-state index contributed by atoms with van der Waals surface area (Å²) in [5, 5.41) is 10.5. The normalized spacial score (nSPS) is 10.5. The minimum absolute atomic E-state index is 0.00235. The van der Waals surface area contributed by atoms with E-state index in [1.807, 2.05) is 30.3 Å². The van der Waals surface area contributed by atoms with Gasteiger partial charge in [-0.25, -0.2) is 9.78 Å². The molecule has 2 aromatic carbocycles. The Bertz CT molecular complexity index is 833. The van der Waals surface area contributed by atoms with Gasteiger partial charge in [0.1, 0.15) is 11.3 Å². The zero-order valence-electron chi connectivity index (χ0n) is 10.8. The molecule has 1 N–H and O–H groups in total. The number of carboxylic acid groups (broad SMARTS) is 1. The van der Waals surface area contributed by atoms with E-state index in [9.17, 15) is 9.90 Å². The molecule has 21 heavy (non-hydrogen) atoms. The number of rotatable bonds is 3. The molecular formula is C16H10ClNO3. The summed E-state index contributed by atoms with van der Waals surface area (Å²) in [6, 6.07) is 15.6. The number of hydrogen-bond acceptors (Lipinski definition) is 3. The topological polar surface area (TPSA) is 59.4 Å². The SMILES string of the molecule is O=C(O)c1cc(Cl)ccc1Oc1ccc2ccccc2n1. The number of halogens is 1. The monoisotopic (exact) mass is 299 g/mol. The molecule has 0 fully saturated rings. The van der Waals surface area contributed by atoms with Gasteiger partial charge in [-0.1, -0.05) is 29.8 Å². The first kappa shape index (κ1) is 13.4. The highest BCUT2D eigenvalue weighted by molar-refractivity contribution is 6.31. The molecule has 0 spiro atoms. The summed E-state index contributed by atoms with van der Waals surface area (Å²) in [6.07, 6.45) is 0. The number of hydrogen-bond donors (Lipinski definition) is 1. The van der Waals surface area contributed by atoms with Crippen molar-refractivity contribution in [3.05, 3.63) is 65.2 Å². The Kier molecular flexibility index (Phi) is 3.46. The Balaban J connectivity index is 2.00. The smallest absolute Gasteiger partial charge is 0.339 e. The summed E-state index contributed by atoms with van der Waals surface area (Å²) in [7, 11) is 0. The van der Waals surface area contributed by atoms with E-state index in [1.54, 1.807) is 12.1 Å². The van der Waals surface area contributed by atoms with Crippen LogP contribution in [0.3, 0.4) is 0 Å². The number of para-hydroxylation sites is 1. The minimum Gasteiger partial charge on any atom is -0.478 e. The highest BCUT2D eigenvalue weighted by atomic mass is 35.5. The van der Waals surface area contributed by atoms with Crippen LogP contribution in [0.1, 0.15) is 10.4 Å². The average Bonchev–Trinajstić information content (AvgIpc) is 2.49. The van der Waals surface area contributed by atoms with E-state index in [-0.39, 0.29) is 11.3 Å². The van der Waals surface area contributed by atoms with Crippen LogP contribution in [0.25, 0.3) is 10.9 Å². The van der Waals surface area contributed by atoms with Crippen molar-refractivity contribution in [3.8, 4) is 11.6 Å². The van der Waals surface area contributed by atoms with E-state index in [0.29, 0.717) is 10.9 Å². The number of pyridine rings is 1. The summed E-state index contributed by atoms with van der Waals surface area (Å²) in [5.41, 5.74) is 0.776. The van der Waals surface area contributed by atoms with Gasteiger partial charge in [0.25, 0.3) is 0 Å². The van der Waals surface area contributed by atoms with Crippen molar-refractivity contribution in [2.24, 2.45) is 0 Å². The van der Waals surface area contributed by atoms with Crippen LogP contribution in [0.5, 0.6) is 11.6 Å². The van der Waals surface area contributed by atoms with Crippen LogP contribution in [0.15, 0.2) is 54.6 Å². The predicted molar refractivity (Wildman–Crippen MR) is 80.2 cm³/mol. The fourth-order valence-corrected chi connectivity index (χ4v) is 2.15. The summed E-state index contributed by atoms with van der Waals surface area (Å²) in [4.78, 5) is 15.6. The molecule has 0 aliphatic heterocycles. The second-order valence-electron chi connectivity index (χ2n) is 4.39. The van der Waals surface area contributed by atoms with Gasteiger partial charge in [0, 0.05) is 16.5 Å². The lowest BCUT2D eigenvalue weighted by atomic mass is 10.2. The van der Waals surface area contributed by atoms with E-state index in [0.717, 1.165) is 10.9 Å². The van der Waals surface area contributed by atoms with Gasteiger partial charge in [-0.05, 0) is 30.3 Å². The third-order valence-electron chi connectivity index (χ3n) is 2.96. The second-order valence-corrected chi connectivity index (χ2v) is 4.83. The lowest BCUT2D eigenvalue weighted by Gasteiger charge is -2.09. The molecule has 1 heterocycles. The Morgan fingerprint density at radius 3 is 2.71 bits per heavy atom. The second kappa shape index (κ2) is 5.42. The van der Waals surface area contributed by atoms with Crippen molar-refractivity contribution < 1.29 is 14.6 Å². The van der Waals surface area contributed by atoms with Gasteiger partial charge >= 0.3 is 5.97 Å². The molecule has 0 radical (unpaired) electrons. The lowest BCUT2D eigenvalue weighted by Crippen LogP contribution is -2.00. The maximum Gasteiger partial charge on any atom is 0.339 e. The van der Waals surface area contributed by atoms with Crippen LogP contribution in [0.4, 0.5) is 0 Å². The molecule has 104 valence electrons. The first-order chi connectivity index (χ1) is 10.1. The minimum atomic E-state index is -1.10. The number of carboxylic acids is 1. The molecule has 0 unspecified atom stereocenters. The third kappa shape index (κ3) is 2.80. The molecular weight excluding hydrogens is 290 g/mol. The van der Waals surface area contributed by atoms with E-state index in [1.165, 1.54) is 12.1 Å². The number of aromatic carboxylic acids is 1. The van der Waals surface area contributed by atoms with Crippen LogP contribution in [0, 0.1) is 0 Å². The number of carbonyl (C=O) groups is 1. The van der Waals surface area contributed by atoms with Gasteiger partial charge in [-0.2, -0.15) is 0 Å². The first-order valence-electron chi connectivity index (χ1n) is 6.20. The lowest BCUT2D eigenvalue weighted by molar-refractivity contribution is 0.0694.